The van der Waals surface area contributed by atoms with Crippen molar-refractivity contribution in [3.8, 4) is 0 Å². The van der Waals surface area contributed by atoms with Gasteiger partial charge in [0.15, 0.2) is 0 Å². The Kier molecular flexibility index (Phi) is 7.72. The molecular formula is C4H10Cl-. The summed E-state index contributed by atoms with van der Waals surface area (Å²) in [4.78, 5) is 0. The fourth-order valence-corrected chi connectivity index (χ4v) is 0. The minimum Gasteiger partial charge on any atom is -1.00 e. The van der Waals surface area contributed by atoms with Crippen LogP contribution in [-0.4, -0.2) is 0 Å². The molecule has 0 radical (unpaired) electrons. The molecule has 0 atom stereocenters. The summed E-state index contributed by atoms with van der Waals surface area (Å²) in [7, 11) is 0. The van der Waals surface area contributed by atoms with Crippen LogP contribution in [-0.2, 0) is 0 Å². The van der Waals surface area contributed by atoms with E-state index in [4.69, 9.17) is 0 Å². The van der Waals surface area contributed by atoms with Crippen LogP contribution in [0.4, 0.5) is 0 Å². The Hall–Kier alpha value is 0.290. The van der Waals surface area contributed by atoms with E-state index in [2.05, 4.69) is 20.8 Å². The zero-order valence-corrected chi connectivity index (χ0v) is 4.71. The predicted molar refractivity (Wildman–Crippen MR) is 20.5 cm³/mol. The van der Waals surface area contributed by atoms with Gasteiger partial charge in [0.05, 0.1) is 0 Å². The van der Waals surface area contributed by atoms with Crippen LogP contribution in [0.15, 0.2) is 0 Å². The van der Waals surface area contributed by atoms with E-state index in [0.29, 0.717) is 0 Å². The molecule has 34 valence electrons. The van der Waals surface area contributed by atoms with Gasteiger partial charge >= 0.3 is 0 Å². The fourth-order valence-electron chi connectivity index (χ4n) is 0. The first-order valence-corrected chi connectivity index (χ1v) is 1.73. The second-order valence-electron chi connectivity index (χ2n) is 1.73. The monoisotopic (exact) mass is 93.0 g/mol. The third-order valence-electron chi connectivity index (χ3n) is 0. The molecule has 0 saturated heterocycles. The second-order valence-corrected chi connectivity index (χ2v) is 1.73. The zero-order valence-electron chi connectivity index (χ0n) is 3.96. The SMILES string of the molecule is CC(C)C.[Cl-]. The zero-order chi connectivity index (χ0) is 3.58. The topological polar surface area (TPSA) is 0 Å². The summed E-state index contributed by atoms with van der Waals surface area (Å²) in [6.07, 6.45) is 0. The molecule has 0 aromatic rings. The summed E-state index contributed by atoms with van der Waals surface area (Å²) in [5, 5.41) is 0. The van der Waals surface area contributed by atoms with Crippen LogP contribution in [0.2, 0.25) is 0 Å². The summed E-state index contributed by atoms with van der Waals surface area (Å²) >= 11 is 0. The molecule has 0 unspecified atom stereocenters. The minimum atomic E-state index is 0. The molecule has 0 heterocycles. The molecule has 0 nitrogen and oxygen atoms in total. The van der Waals surface area contributed by atoms with E-state index in [1.54, 1.807) is 0 Å². The predicted octanol–water partition coefficient (Wildman–Crippen LogP) is -1.33. The Balaban J connectivity index is 0. The van der Waals surface area contributed by atoms with Gasteiger partial charge in [-0.05, 0) is 5.92 Å². The van der Waals surface area contributed by atoms with E-state index < -0.39 is 0 Å². The van der Waals surface area contributed by atoms with Gasteiger partial charge in [-0.25, -0.2) is 0 Å². The first-order valence-electron chi connectivity index (χ1n) is 1.73. The number of rotatable bonds is 0. The van der Waals surface area contributed by atoms with Gasteiger partial charge in [-0.15, -0.1) is 0 Å². The van der Waals surface area contributed by atoms with Gasteiger partial charge in [0.2, 0.25) is 0 Å². The van der Waals surface area contributed by atoms with Gasteiger partial charge in [-0.2, -0.15) is 0 Å². The van der Waals surface area contributed by atoms with E-state index in [0.717, 1.165) is 5.92 Å². The summed E-state index contributed by atoms with van der Waals surface area (Å²) in [5.41, 5.74) is 0. The average Bonchev–Trinajstić information content (AvgIpc) is 0.811. The molecule has 0 saturated carbocycles. The van der Waals surface area contributed by atoms with E-state index in [1.807, 2.05) is 0 Å². The Labute approximate surface area is 40.0 Å². The van der Waals surface area contributed by atoms with Gasteiger partial charge < -0.3 is 12.4 Å². The minimum absolute atomic E-state index is 0. The molecule has 0 aromatic heterocycles. The average molecular weight is 93.6 g/mol. The van der Waals surface area contributed by atoms with Crippen molar-refractivity contribution in [3.63, 3.8) is 0 Å². The maximum absolute atomic E-state index is 2.17. The van der Waals surface area contributed by atoms with E-state index in [9.17, 15) is 0 Å². The van der Waals surface area contributed by atoms with Crippen LogP contribution in [0.5, 0.6) is 0 Å². The van der Waals surface area contributed by atoms with Crippen LogP contribution in [0.1, 0.15) is 20.8 Å². The van der Waals surface area contributed by atoms with E-state index in [-0.39, 0.29) is 12.4 Å². The quantitative estimate of drug-likeness (QED) is 0.348. The molecule has 0 rings (SSSR count). The van der Waals surface area contributed by atoms with Gasteiger partial charge in [-0.3, -0.25) is 0 Å². The van der Waals surface area contributed by atoms with E-state index >= 15 is 0 Å². The smallest absolute Gasteiger partial charge is 0.0500 e. The molecule has 0 spiro atoms. The molecule has 0 fully saturated rings. The third kappa shape index (κ3) is 268. The lowest BCUT2D eigenvalue weighted by Crippen LogP contribution is -3.00. The number of hydrogen-bond acceptors (Lipinski definition) is 0. The van der Waals surface area contributed by atoms with Crippen molar-refractivity contribution in [2.75, 3.05) is 0 Å². The standard InChI is InChI=1S/C4H10.ClH/c1-4(2)3;/h4H,1-3H3;1H/p-1. The highest BCUT2D eigenvalue weighted by Crippen LogP contribution is 1.81. The summed E-state index contributed by atoms with van der Waals surface area (Å²) < 4.78 is 0. The van der Waals surface area contributed by atoms with Crippen LogP contribution in [0.25, 0.3) is 0 Å². The largest absolute Gasteiger partial charge is 1.00 e. The van der Waals surface area contributed by atoms with Crippen molar-refractivity contribution in [1.82, 2.24) is 0 Å². The van der Waals surface area contributed by atoms with Crippen molar-refractivity contribution in [2.24, 2.45) is 5.92 Å². The highest BCUT2D eigenvalue weighted by Gasteiger charge is 1.68. The van der Waals surface area contributed by atoms with Gasteiger partial charge in [0.25, 0.3) is 0 Å². The van der Waals surface area contributed by atoms with Gasteiger partial charge in [-0.1, -0.05) is 20.8 Å². The third-order valence-corrected chi connectivity index (χ3v) is 0. The molecule has 0 aliphatic carbocycles. The normalized spacial score (nSPS) is 7.20. The second kappa shape index (κ2) is 4.29. The maximum Gasteiger partial charge on any atom is -0.0500 e. The lowest BCUT2D eigenvalue weighted by atomic mass is 10.3. The van der Waals surface area contributed by atoms with Crippen molar-refractivity contribution in [3.05, 3.63) is 0 Å². The number of halogens is 1. The molecule has 0 aliphatic heterocycles. The lowest BCUT2D eigenvalue weighted by molar-refractivity contribution is -0.00000123. The van der Waals surface area contributed by atoms with Crippen molar-refractivity contribution in [2.45, 2.75) is 20.8 Å². The van der Waals surface area contributed by atoms with Gasteiger partial charge in [0, 0.05) is 0 Å². The Bertz CT molecular complexity index is 8.36. The van der Waals surface area contributed by atoms with Crippen molar-refractivity contribution in [1.29, 1.82) is 0 Å². The highest BCUT2D eigenvalue weighted by atomic mass is 35.5. The van der Waals surface area contributed by atoms with Crippen molar-refractivity contribution >= 4 is 0 Å². The maximum atomic E-state index is 2.17. The molecule has 1 heteroatoms. The number of hydrogen-bond donors (Lipinski definition) is 0. The Morgan fingerprint density at radius 1 is 1.00 bits per heavy atom. The molecule has 5 heavy (non-hydrogen) atoms. The fraction of sp³-hybridized carbons (Fsp3) is 1.00. The lowest BCUT2D eigenvalue weighted by Gasteiger charge is -1.79. The summed E-state index contributed by atoms with van der Waals surface area (Å²) in [6, 6.07) is 0. The molecular weight excluding hydrogens is 83.5 g/mol. The van der Waals surface area contributed by atoms with Crippen LogP contribution >= 0.6 is 0 Å². The summed E-state index contributed by atoms with van der Waals surface area (Å²) in [5.74, 6) is 0.833. The van der Waals surface area contributed by atoms with Crippen LogP contribution in [0.3, 0.4) is 0 Å². The Morgan fingerprint density at radius 3 is 1.00 bits per heavy atom. The molecule has 0 bridgehead atoms. The highest BCUT2D eigenvalue weighted by molar-refractivity contribution is 4.20. The molecule has 0 N–H and O–H groups in total. The first-order chi connectivity index (χ1) is 1.73. The van der Waals surface area contributed by atoms with Gasteiger partial charge in [0.1, 0.15) is 0 Å². The molecule has 0 amide bonds. The Morgan fingerprint density at radius 2 is 1.00 bits per heavy atom. The molecule has 0 aromatic carbocycles. The van der Waals surface area contributed by atoms with Crippen LogP contribution < -0.4 is 12.4 Å². The first kappa shape index (κ1) is 8.99. The van der Waals surface area contributed by atoms with Crippen LogP contribution in [0, 0.1) is 5.92 Å². The molecule has 0 aliphatic rings. The summed E-state index contributed by atoms with van der Waals surface area (Å²) in [6.45, 7) is 6.50. The van der Waals surface area contributed by atoms with Crippen molar-refractivity contribution < 1.29 is 12.4 Å². The van der Waals surface area contributed by atoms with E-state index in [1.165, 1.54) is 0 Å².